The zero-order valence-electron chi connectivity index (χ0n) is 9.62. The molecule has 0 atom stereocenters. The van der Waals surface area contributed by atoms with E-state index in [1.165, 1.54) is 12.8 Å². The highest BCUT2D eigenvalue weighted by Crippen LogP contribution is 2.25. The summed E-state index contributed by atoms with van der Waals surface area (Å²) in [6, 6.07) is 2.15. The predicted octanol–water partition coefficient (Wildman–Crippen LogP) is 2.34. The molecule has 0 radical (unpaired) electrons. The van der Waals surface area contributed by atoms with E-state index in [-0.39, 0.29) is 0 Å². The third kappa shape index (κ3) is 2.81. The van der Waals surface area contributed by atoms with Crippen LogP contribution in [0.5, 0.6) is 0 Å². The van der Waals surface area contributed by atoms with Gasteiger partial charge >= 0.3 is 0 Å². The Kier molecular flexibility index (Phi) is 3.41. The van der Waals surface area contributed by atoms with Crippen molar-refractivity contribution < 1.29 is 4.52 Å². The van der Waals surface area contributed by atoms with E-state index in [1.54, 1.807) is 0 Å². The Hall–Kier alpha value is -0.830. The zero-order chi connectivity index (χ0) is 10.7. The monoisotopic (exact) mass is 208 g/mol. The van der Waals surface area contributed by atoms with Crippen molar-refractivity contribution in [1.82, 2.24) is 10.5 Å². The minimum atomic E-state index is 0.607. The first-order chi connectivity index (χ1) is 7.25. The molecule has 0 saturated carbocycles. The largest absolute Gasteiger partial charge is 0.361 e. The molecule has 1 aliphatic heterocycles. The summed E-state index contributed by atoms with van der Waals surface area (Å²) >= 11 is 0. The fourth-order valence-electron chi connectivity index (χ4n) is 2.14. The Bertz CT molecular complexity index is 300. The number of rotatable bonds is 3. The van der Waals surface area contributed by atoms with Gasteiger partial charge in [-0.25, -0.2) is 0 Å². The lowest BCUT2D eigenvalue weighted by Crippen LogP contribution is -2.26. The van der Waals surface area contributed by atoms with Crippen LogP contribution in [0.2, 0.25) is 0 Å². The van der Waals surface area contributed by atoms with E-state index in [0.29, 0.717) is 11.8 Å². The highest BCUT2D eigenvalue weighted by atomic mass is 16.5. The van der Waals surface area contributed by atoms with Gasteiger partial charge in [0.1, 0.15) is 5.76 Å². The van der Waals surface area contributed by atoms with Crippen molar-refractivity contribution in [2.75, 3.05) is 13.1 Å². The van der Waals surface area contributed by atoms with Gasteiger partial charge in [0.15, 0.2) is 0 Å². The van der Waals surface area contributed by atoms with Gasteiger partial charge in [-0.1, -0.05) is 19.0 Å². The van der Waals surface area contributed by atoms with Crippen LogP contribution in [0.1, 0.15) is 44.1 Å². The average Bonchev–Trinajstić information content (AvgIpc) is 2.67. The van der Waals surface area contributed by atoms with Gasteiger partial charge in [-0.2, -0.15) is 0 Å². The summed E-state index contributed by atoms with van der Waals surface area (Å²) in [6.07, 6.45) is 3.37. The highest BCUT2D eigenvalue weighted by molar-refractivity contribution is 5.11. The van der Waals surface area contributed by atoms with E-state index in [2.05, 4.69) is 30.4 Å². The van der Waals surface area contributed by atoms with Crippen molar-refractivity contribution in [2.24, 2.45) is 5.92 Å². The van der Waals surface area contributed by atoms with Gasteiger partial charge < -0.3 is 9.84 Å². The smallest absolute Gasteiger partial charge is 0.137 e. The molecule has 0 aromatic carbocycles. The van der Waals surface area contributed by atoms with Gasteiger partial charge in [0, 0.05) is 18.4 Å². The van der Waals surface area contributed by atoms with E-state index >= 15 is 0 Å². The third-order valence-electron chi connectivity index (χ3n) is 2.94. The summed E-state index contributed by atoms with van der Waals surface area (Å²) in [5.41, 5.74) is 1.16. The molecule has 3 nitrogen and oxygen atoms in total. The van der Waals surface area contributed by atoms with Crippen LogP contribution in [0.3, 0.4) is 0 Å². The van der Waals surface area contributed by atoms with Crippen LogP contribution in [0, 0.1) is 5.92 Å². The molecule has 84 valence electrons. The van der Waals surface area contributed by atoms with Crippen LogP contribution < -0.4 is 5.32 Å². The van der Waals surface area contributed by atoms with Gasteiger partial charge in [-0.15, -0.1) is 0 Å². The summed E-state index contributed by atoms with van der Waals surface area (Å²) in [6.45, 7) is 6.62. The minimum Gasteiger partial charge on any atom is -0.361 e. The summed E-state index contributed by atoms with van der Waals surface area (Å²) in [7, 11) is 0. The molecule has 3 heteroatoms. The molecule has 0 aliphatic carbocycles. The summed E-state index contributed by atoms with van der Waals surface area (Å²) in [4.78, 5) is 0. The van der Waals surface area contributed by atoms with Gasteiger partial charge in [0.25, 0.3) is 0 Å². The first kappa shape index (κ1) is 10.7. The van der Waals surface area contributed by atoms with E-state index in [9.17, 15) is 0 Å². The van der Waals surface area contributed by atoms with Crippen LogP contribution in [-0.2, 0) is 6.42 Å². The maximum atomic E-state index is 5.36. The topological polar surface area (TPSA) is 38.1 Å². The second-order valence-corrected chi connectivity index (χ2v) is 4.84. The maximum Gasteiger partial charge on any atom is 0.137 e. The molecule has 1 N–H and O–H groups in total. The lowest BCUT2D eigenvalue weighted by molar-refractivity contribution is 0.351. The Morgan fingerprint density at radius 1 is 1.47 bits per heavy atom. The Labute approximate surface area is 91.2 Å². The van der Waals surface area contributed by atoms with Crippen LogP contribution in [-0.4, -0.2) is 18.2 Å². The number of nitrogens with one attached hydrogen (secondary N) is 1. The van der Waals surface area contributed by atoms with E-state index in [4.69, 9.17) is 4.52 Å². The molecule has 15 heavy (non-hydrogen) atoms. The summed E-state index contributed by atoms with van der Waals surface area (Å²) in [5.74, 6) is 2.29. The van der Waals surface area contributed by atoms with Crippen molar-refractivity contribution in [1.29, 1.82) is 0 Å². The fourth-order valence-corrected chi connectivity index (χ4v) is 2.14. The lowest BCUT2D eigenvalue weighted by atomic mass is 9.94. The molecular formula is C12H20N2O. The number of piperidine rings is 1. The van der Waals surface area contributed by atoms with Gasteiger partial charge in [-0.05, 0) is 31.8 Å². The molecule has 2 heterocycles. The molecule has 1 aromatic heterocycles. The fraction of sp³-hybridized carbons (Fsp3) is 0.750. The molecule has 0 bridgehead atoms. The second kappa shape index (κ2) is 4.79. The maximum absolute atomic E-state index is 5.36. The van der Waals surface area contributed by atoms with Crippen molar-refractivity contribution in [2.45, 2.75) is 39.0 Å². The number of hydrogen-bond donors (Lipinski definition) is 1. The Morgan fingerprint density at radius 3 is 2.87 bits per heavy atom. The van der Waals surface area contributed by atoms with Crippen LogP contribution in [0.15, 0.2) is 10.6 Å². The van der Waals surface area contributed by atoms with Crippen LogP contribution >= 0.6 is 0 Å². The molecule has 2 rings (SSSR count). The number of aromatic nitrogens is 1. The number of nitrogens with zero attached hydrogens (tertiary/aromatic N) is 1. The van der Waals surface area contributed by atoms with E-state index in [0.717, 1.165) is 31.0 Å². The SMILES string of the molecule is CC(C)Cc1cc(C2CCNCC2)no1. The molecule has 0 amide bonds. The van der Waals surface area contributed by atoms with Crippen LogP contribution in [0.4, 0.5) is 0 Å². The van der Waals surface area contributed by atoms with Crippen molar-refractivity contribution in [3.8, 4) is 0 Å². The molecule has 0 unspecified atom stereocenters. The molecule has 1 aliphatic rings. The van der Waals surface area contributed by atoms with Crippen molar-refractivity contribution in [3.05, 3.63) is 17.5 Å². The van der Waals surface area contributed by atoms with E-state index < -0.39 is 0 Å². The average molecular weight is 208 g/mol. The number of hydrogen-bond acceptors (Lipinski definition) is 3. The summed E-state index contributed by atoms with van der Waals surface area (Å²) in [5, 5.41) is 7.56. The lowest BCUT2D eigenvalue weighted by Gasteiger charge is -2.19. The molecule has 1 fully saturated rings. The van der Waals surface area contributed by atoms with Gasteiger partial charge in [0.2, 0.25) is 0 Å². The van der Waals surface area contributed by atoms with Gasteiger partial charge in [0.05, 0.1) is 5.69 Å². The second-order valence-electron chi connectivity index (χ2n) is 4.84. The third-order valence-corrected chi connectivity index (χ3v) is 2.94. The van der Waals surface area contributed by atoms with Gasteiger partial charge in [-0.3, -0.25) is 0 Å². The Balaban J connectivity index is 1.99. The molecule has 1 aromatic rings. The minimum absolute atomic E-state index is 0.607. The van der Waals surface area contributed by atoms with Crippen molar-refractivity contribution >= 4 is 0 Å². The zero-order valence-corrected chi connectivity index (χ0v) is 9.62. The van der Waals surface area contributed by atoms with E-state index in [1.807, 2.05) is 0 Å². The normalized spacial score (nSPS) is 18.6. The molecule has 1 saturated heterocycles. The quantitative estimate of drug-likeness (QED) is 0.828. The summed E-state index contributed by atoms with van der Waals surface area (Å²) < 4.78 is 5.36. The molecule has 0 spiro atoms. The molecular weight excluding hydrogens is 188 g/mol. The van der Waals surface area contributed by atoms with Crippen molar-refractivity contribution in [3.63, 3.8) is 0 Å². The highest BCUT2D eigenvalue weighted by Gasteiger charge is 2.19. The standard InChI is InChI=1S/C12H20N2O/c1-9(2)7-11-8-12(14-15-11)10-3-5-13-6-4-10/h8-10,13H,3-7H2,1-2H3. The first-order valence-corrected chi connectivity index (χ1v) is 5.92. The first-order valence-electron chi connectivity index (χ1n) is 5.92. The predicted molar refractivity (Wildman–Crippen MR) is 59.9 cm³/mol. The Morgan fingerprint density at radius 2 is 2.20 bits per heavy atom. The van der Waals surface area contributed by atoms with Crippen LogP contribution in [0.25, 0.3) is 0 Å².